The number of fused-ring (bicyclic) bond motifs is 1. The van der Waals surface area contributed by atoms with Crippen molar-refractivity contribution < 1.29 is 23.5 Å². The van der Waals surface area contributed by atoms with Gasteiger partial charge in [-0.1, -0.05) is 0 Å². The summed E-state index contributed by atoms with van der Waals surface area (Å²) in [5, 5.41) is 14.2. The third-order valence-corrected chi connectivity index (χ3v) is 4.55. The number of amides is 1. The predicted molar refractivity (Wildman–Crippen MR) is 79.5 cm³/mol. The zero-order valence-electron chi connectivity index (χ0n) is 12.7. The maximum Gasteiger partial charge on any atom is 0.306 e. The smallest absolute Gasteiger partial charge is 0.306 e. The van der Waals surface area contributed by atoms with E-state index in [-0.39, 0.29) is 31.6 Å². The van der Waals surface area contributed by atoms with Crippen LogP contribution in [0.1, 0.15) is 24.0 Å². The molecule has 124 valence electrons. The molecule has 7 heteroatoms. The van der Waals surface area contributed by atoms with Crippen molar-refractivity contribution >= 4 is 17.6 Å². The molecule has 0 saturated heterocycles. The van der Waals surface area contributed by atoms with Gasteiger partial charge in [0.2, 0.25) is 5.91 Å². The van der Waals surface area contributed by atoms with Crippen LogP contribution in [-0.4, -0.2) is 35.2 Å². The van der Waals surface area contributed by atoms with Crippen LogP contribution in [0.2, 0.25) is 0 Å². The Morgan fingerprint density at radius 2 is 2.13 bits per heavy atom. The molecule has 3 N–H and O–H groups in total. The number of carboxylic acid groups (broad SMARTS) is 1. The molecule has 23 heavy (non-hydrogen) atoms. The lowest BCUT2D eigenvalue weighted by Gasteiger charge is -2.39. The number of benzene rings is 1. The lowest BCUT2D eigenvalue weighted by Crippen LogP contribution is -2.53. The van der Waals surface area contributed by atoms with Crippen molar-refractivity contribution in [3.05, 3.63) is 29.1 Å². The van der Waals surface area contributed by atoms with Gasteiger partial charge in [-0.25, -0.2) is 8.78 Å². The Labute approximate surface area is 132 Å². The van der Waals surface area contributed by atoms with E-state index in [0.717, 1.165) is 5.56 Å². The SMILES string of the molecule is Cc1cc(F)c2c(c1)NC(C(=O)NCC1(F)CC(C(=O)O)C1)C2. The summed E-state index contributed by atoms with van der Waals surface area (Å²) >= 11 is 0. The molecule has 1 amide bonds. The average molecular weight is 324 g/mol. The van der Waals surface area contributed by atoms with Gasteiger partial charge in [-0.3, -0.25) is 9.59 Å². The Hall–Kier alpha value is -2.18. The molecular formula is C16H18F2N2O3. The fourth-order valence-corrected chi connectivity index (χ4v) is 3.22. The molecule has 1 heterocycles. The molecule has 1 aliphatic heterocycles. The first-order chi connectivity index (χ1) is 10.8. The van der Waals surface area contributed by atoms with Gasteiger partial charge < -0.3 is 15.7 Å². The molecule has 1 unspecified atom stereocenters. The number of carbonyl (C=O) groups is 2. The fraction of sp³-hybridized carbons (Fsp3) is 0.500. The van der Waals surface area contributed by atoms with Crippen molar-refractivity contribution in [1.29, 1.82) is 0 Å². The minimum atomic E-state index is -1.66. The number of hydrogen-bond donors (Lipinski definition) is 3. The summed E-state index contributed by atoms with van der Waals surface area (Å²) in [6, 6.07) is 2.55. The van der Waals surface area contributed by atoms with Crippen molar-refractivity contribution in [2.45, 2.75) is 37.9 Å². The number of halogens is 2. The Bertz CT molecular complexity index is 672. The summed E-state index contributed by atoms with van der Waals surface area (Å²) < 4.78 is 28.0. The quantitative estimate of drug-likeness (QED) is 0.789. The van der Waals surface area contributed by atoms with Crippen LogP contribution in [0, 0.1) is 18.7 Å². The highest BCUT2D eigenvalue weighted by atomic mass is 19.1. The van der Waals surface area contributed by atoms with Gasteiger partial charge in [0, 0.05) is 17.7 Å². The number of nitrogens with one attached hydrogen (secondary N) is 2. The van der Waals surface area contributed by atoms with E-state index in [1.807, 2.05) is 0 Å². The predicted octanol–water partition coefficient (Wildman–Crippen LogP) is 1.79. The van der Waals surface area contributed by atoms with Crippen molar-refractivity contribution in [1.82, 2.24) is 5.32 Å². The van der Waals surface area contributed by atoms with Crippen molar-refractivity contribution in [3.8, 4) is 0 Å². The normalized spacial score (nSPS) is 28.5. The number of carboxylic acids is 1. The maximum absolute atomic E-state index is 14.2. The molecule has 0 radical (unpaired) electrons. The van der Waals surface area contributed by atoms with Crippen molar-refractivity contribution in [2.24, 2.45) is 5.92 Å². The number of aryl methyl sites for hydroxylation is 1. The Kier molecular flexibility index (Phi) is 3.74. The molecule has 0 aromatic heterocycles. The summed E-state index contributed by atoms with van der Waals surface area (Å²) in [6.07, 6.45) is 0.0355. The second kappa shape index (κ2) is 5.47. The average Bonchev–Trinajstić information content (AvgIpc) is 2.85. The molecule has 0 spiro atoms. The van der Waals surface area contributed by atoms with Gasteiger partial charge in [-0.15, -0.1) is 0 Å². The maximum atomic E-state index is 14.2. The topological polar surface area (TPSA) is 78.4 Å². The van der Waals surface area contributed by atoms with Gasteiger partial charge in [0.25, 0.3) is 0 Å². The number of anilines is 1. The monoisotopic (exact) mass is 324 g/mol. The minimum absolute atomic E-state index is 0.0885. The molecule has 1 aliphatic carbocycles. The molecule has 0 bridgehead atoms. The first-order valence-corrected chi connectivity index (χ1v) is 7.52. The van der Waals surface area contributed by atoms with Crippen LogP contribution in [-0.2, 0) is 16.0 Å². The van der Waals surface area contributed by atoms with E-state index in [1.165, 1.54) is 6.07 Å². The van der Waals surface area contributed by atoms with Gasteiger partial charge in [0.15, 0.2) is 0 Å². The third-order valence-electron chi connectivity index (χ3n) is 4.55. The first-order valence-electron chi connectivity index (χ1n) is 7.52. The van der Waals surface area contributed by atoms with Crippen LogP contribution in [0.4, 0.5) is 14.5 Å². The van der Waals surface area contributed by atoms with E-state index < -0.39 is 29.5 Å². The van der Waals surface area contributed by atoms with Crippen LogP contribution in [0.25, 0.3) is 0 Å². The summed E-state index contributed by atoms with van der Waals surface area (Å²) in [7, 11) is 0. The van der Waals surface area contributed by atoms with E-state index in [2.05, 4.69) is 10.6 Å². The van der Waals surface area contributed by atoms with Gasteiger partial charge >= 0.3 is 5.97 Å². The van der Waals surface area contributed by atoms with E-state index in [9.17, 15) is 18.4 Å². The summed E-state index contributed by atoms with van der Waals surface area (Å²) in [5.74, 6) is -2.45. The number of aliphatic carboxylic acids is 1. The zero-order chi connectivity index (χ0) is 16.8. The molecule has 1 aromatic rings. The molecule has 1 fully saturated rings. The zero-order valence-corrected chi connectivity index (χ0v) is 12.7. The molecule has 1 saturated carbocycles. The number of carbonyl (C=O) groups excluding carboxylic acids is 1. The van der Waals surface area contributed by atoms with Crippen LogP contribution < -0.4 is 10.6 Å². The second-order valence-electron chi connectivity index (χ2n) is 6.49. The van der Waals surface area contributed by atoms with E-state index in [1.54, 1.807) is 13.0 Å². The highest BCUT2D eigenvalue weighted by molar-refractivity contribution is 5.87. The summed E-state index contributed by atoms with van der Waals surface area (Å²) in [5.41, 5.74) is 0.144. The van der Waals surface area contributed by atoms with E-state index >= 15 is 0 Å². The van der Waals surface area contributed by atoms with Crippen LogP contribution in [0.15, 0.2) is 12.1 Å². The fourth-order valence-electron chi connectivity index (χ4n) is 3.22. The standard InChI is InChI=1S/C16H18F2N2O3/c1-8-2-11(17)10-4-13(20-12(10)3-8)14(21)19-7-16(18)5-9(6-16)15(22)23/h2-3,9,13,20H,4-7H2,1H3,(H,19,21)(H,22,23). The van der Waals surface area contributed by atoms with Gasteiger partial charge in [0.05, 0.1) is 12.5 Å². The largest absolute Gasteiger partial charge is 0.481 e. The molecule has 3 rings (SSSR count). The van der Waals surface area contributed by atoms with Crippen molar-refractivity contribution in [3.63, 3.8) is 0 Å². The van der Waals surface area contributed by atoms with Crippen molar-refractivity contribution in [2.75, 3.05) is 11.9 Å². The van der Waals surface area contributed by atoms with E-state index in [4.69, 9.17) is 5.11 Å². The highest BCUT2D eigenvalue weighted by Gasteiger charge is 2.48. The molecule has 1 atom stereocenters. The van der Waals surface area contributed by atoms with Crippen LogP contribution in [0.3, 0.4) is 0 Å². The number of rotatable bonds is 4. The highest BCUT2D eigenvalue weighted by Crippen LogP contribution is 2.41. The summed E-state index contributed by atoms with van der Waals surface area (Å²) in [6.45, 7) is 1.55. The Morgan fingerprint density at radius 3 is 2.78 bits per heavy atom. The third kappa shape index (κ3) is 3.00. The first kappa shape index (κ1) is 15.7. The Balaban J connectivity index is 1.55. The minimum Gasteiger partial charge on any atom is -0.481 e. The molecular weight excluding hydrogens is 306 g/mol. The van der Waals surface area contributed by atoms with Crippen LogP contribution >= 0.6 is 0 Å². The lowest BCUT2D eigenvalue weighted by atomic mass is 9.72. The van der Waals surface area contributed by atoms with Crippen LogP contribution in [0.5, 0.6) is 0 Å². The molecule has 2 aliphatic rings. The number of alkyl halides is 1. The van der Waals surface area contributed by atoms with Gasteiger partial charge in [0.1, 0.15) is 17.5 Å². The van der Waals surface area contributed by atoms with E-state index in [0.29, 0.717) is 11.3 Å². The molecule has 1 aromatic carbocycles. The van der Waals surface area contributed by atoms with Gasteiger partial charge in [-0.05, 0) is 37.5 Å². The Morgan fingerprint density at radius 1 is 1.43 bits per heavy atom. The number of hydrogen-bond acceptors (Lipinski definition) is 3. The molecule has 5 nitrogen and oxygen atoms in total. The lowest BCUT2D eigenvalue weighted by molar-refractivity contribution is -0.151. The second-order valence-corrected chi connectivity index (χ2v) is 6.49. The summed E-state index contributed by atoms with van der Waals surface area (Å²) in [4.78, 5) is 22.8. The van der Waals surface area contributed by atoms with Gasteiger partial charge in [-0.2, -0.15) is 0 Å².